The molecule has 0 fully saturated rings. The Hall–Kier alpha value is -3.13. The quantitative estimate of drug-likeness (QED) is 0.267. The topological polar surface area (TPSA) is 95.5 Å². The number of nitro groups is 1. The fraction of sp³-hybridized carbons (Fsp3) is 0.111. The van der Waals surface area contributed by atoms with E-state index >= 15 is 0 Å². The van der Waals surface area contributed by atoms with Crippen LogP contribution in [-0.4, -0.2) is 21.8 Å². The van der Waals surface area contributed by atoms with Crippen molar-refractivity contribution >= 4 is 23.4 Å². The summed E-state index contributed by atoms with van der Waals surface area (Å²) in [4.78, 5) is 22.7. The molecule has 1 heterocycles. The normalized spacial score (nSPS) is 10.5. The van der Waals surface area contributed by atoms with Crippen LogP contribution in [0, 0.1) is 10.1 Å². The summed E-state index contributed by atoms with van der Waals surface area (Å²) in [6.45, 7) is 0.0238. The van der Waals surface area contributed by atoms with Crippen LogP contribution in [0.2, 0.25) is 0 Å². The lowest BCUT2D eigenvalue weighted by molar-refractivity contribution is -0.384. The van der Waals surface area contributed by atoms with Crippen molar-refractivity contribution in [3.63, 3.8) is 0 Å². The van der Waals surface area contributed by atoms with Gasteiger partial charge in [0.25, 0.3) is 5.69 Å². The fourth-order valence-corrected chi connectivity index (χ4v) is 2.82. The molecule has 0 aliphatic carbocycles. The van der Waals surface area contributed by atoms with Crippen molar-refractivity contribution in [2.24, 2.45) is 0 Å². The number of nitro benzene ring substituents is 1. The Bertz CT molecular complexity index is 893. The minimum Gasteiger partial charge on any atom is -0.458 e. The van der Waals surface area contributed by atoms with Gasteiger partial charge in [0.15, 0.2) is 5.76 Å². The molecule has 3 aromatic rings. The first-order valence-electron chi connectivity index (χ1n) is 7.66. The van der Waals surface area contributed by atoms with Crippen LogP contribution in [0.4, 0.5) is 5.69 Å². The molecular formula is C18H14N2O5S. The molecule has 0 bridgehead atoms. The summed E-state index contributed by atoms with van der Waals surface area (Å²) in [5, 5.41) is 14.5. The molecule has 0 aliphatic heterocycles. The third-order valence-corrected chi connectivity index (χ3v) is 4.39. The van der Waals surface area contributed by atoms with E-state index in [0.717, 1.165) is 10.5 Å². The second kappa shape index (κ2) is 8.30. The lowest BCUT2D eigenvalue weighted by Crippen LogP contribution is -2.07. The standard InChI is InChI=1S/C18H14N2O5S/c21-18(12-26-16-8-6-15(7-9-16)20(22)23)24-11-14-10-17(25-19-14)13-4-2-1-3-5-13/h1-10H,11-12H2. The molecule has 132 valence electrons. The molecule has 0 amide bonds. The van der Waals surface area contributed by atoms with E-state index in [-0.39, 0.29) is 18.0 Å². The Morgan fingerprint density at radius 3 is 2.58 bits per heavy atom. The zero-order chi connectivity index (χ0) is 18.4. The molecule has 0 saturated carbocycles. The largest absolute Gasteiger partial charge is 0.458 e. The van der Waals surface area contributed by atoms with E-state index in [1.807, 2.05) is 30.3 Å². The lowest BCUT2D eigenvalue weighted by Gasteiger charge is -2.02. The highest BCUT2D eigenvalue weighted by molar-refractivity contribution is 8.00. The first kappa shape index (κ1) is 17.7. The van der Waals surface area contributed by atoms with Gasteiger partial charge in [0.1, 0.15) is 12.3 Å². The van der Waals surface area contributed by atoms with E-state index in [1.54, 1.807) is 18.2 Å². The van der Waals surface area contributed by atoms with Gasteiger partial charge in [-0.3, -0.25) is 14.9 Å². The van der Waals surface area contributed by atoms with E-state index < -0.39 is 10.9 Å². The van der Waals surface area contributed by atoms with Crippen molar-refractivity contribution in [1.29, 1.82) is 0 Å². The summed E-state index contributed by atoms with van der Waals surface area (Å²) in [6.07, 6.45) is 0. The summed E-state index contributed by atoms with van der Waals surface area (Å²) < 4.78 is 10.4. The summed E-state index contributed by atoms with van der Waals surface area (Å²) in [5.74, 6) is 0.302. The zero-order valence-corrected chi connectivity index (χ0v) is 14.3. The minimum absolute atomic E-state index is 0.0113. The van der Waals surface area contributed by atoms with Crippen molar-refractivity contribution in [2.45, 2.75) is 11.5 Å². The molecule has 7 nitrogen and oxygen atoms in total. The van der Waals surface area contributed by atoms with Crippen molar-refractivity contribution in [3.05, 3.63) is 76.5 Å². The predicted molar refractivity (Wildman–Crippen MR) is 95.6 cm³/mol. The van der Waals surface area contributed by atoms with Crippen LogP contribution in [0.3, 0.4) is 0 Å². The van der Waals surface area contributed by atoms with Crippen LogP contribution in [0.1, 0.15) is 5.69 Å². The lowest BCUT2D eigenvalue weighted by atomic mass is 10.2. The number of benzene rings is 2. The maximum absolute atomic E-state index is 11.8. The summed E-state index contributed by atoms with van der Waals surface area (Å²) in [7, 11) is 0. The number of hydrogen-bond acceptors (Lipinski definition) is 7. The molecule has 0 saturated heterocycles. The smallest absolute Gasteiger partial charge is 0.316 e. The number of carbonyl (C=O) groups is 1. The Kier molecular flexibility index (Phi) is 5.65. The fourth-order valence-electron chi connectivity index (χ4n) is 2.12. The molecule has 0 spiro atoms. The number of thioether (sulfide) groups is 1. The maximum atomic E-state index is 11.8. The number of rotatable bonds is 7. The highest BCUT2D eigenvalue weighted by Gasteiger charge is 2.10. The third-order valence-electron chi connectivity index (χ3n) is 3.40. The van der Waals surface area contributed by atoms with Gasteiger partial charge in [-0.2, -0.15) is 0 Å². The first-order chi connectivity index (χ1) is 12.6. The van der Waals surface area contributed by atoms with Gasteiger partial charge in [-0.15, -0.1) is 11.8 Å². The molecule has 26 heavy (non-hydrogen) atoms. The Labute approximate surface area is 153 Å². The van der Waals surface area contributed by atoms with Crippen LogP contribution in [0.25, 0.3) is 11.3 Å². The van der Waals surface area contributed by atoms with Gasteiger partial charge < -0.3 is 9.26 Å². The van der Waals surface area contributed by atoms with Crippen molar-refractivity contribution in [1.82, 2.24) is 5.16 Å². The second-order valence-corrected chi connectivity index (χ2v) is 6.30. The molecular weight excluding hydrogens is 356 g/mol. The Morgan fingerprint density at radius 1 is 1.15 bits per heavy atom. The number of nitrogens with zero attached hydrogens (tertiary/aromatic N) is 2. The molecule has 0 radical (unpaired) electrons. The van der Waals surface area contributed by atoms with Gasteiger partial charge >= 0.3 is 5.97 Å². The molecule has 0 aliphatic rings. The first-order valence-corrected chi connectivity index (χ1v) is 8.64. The van der Waals surface area contributed by atoms with E-state index in [1.165, 1.54) is 23.9 Å². The average Bonchev–Trinajstić information content (AvgIpc) is 3.15. The Morgan fingerprint density at radius 2 is 1.88 bits per heavy atom. The van der Waals surface area contributed by atoms with Crippen LogP contribution in [-0.2, 0) is 16.1 Å². The van der Waals surface area contributed by atoms with E-state index in [4.69, 9.17) is 9.26 Å². The second-order valence-electron chi connectivity index (χ2n) is 5.25. The van der Waals surface area contributed by atoms with Crippen molar-refractivity contribution < 1.29 is 19.0 Å². The van der Waals surface area contributed by atoms with E-state index in [9.17, 15) is 14.9 Å². The zero-order valence-electron chi connectivity index (χ0n) is 13.5. The maximum Gasteiger partial charge on any atom is 0.316 e. The summed E-state index contributed by atoms with van der Waals surface area (Å²) in [6, 6.07) is 17.2. The van der Waals surface area contributed by atoms with Gasteiger partial charge in [-0.1, -0.05) is 35.5 Å². The third kappa shape index (κ3) is 4.70. The van der Waals surface area contributed by atoms with Gasteiger partial charge in [0, 0.05) is 28.7 Å². The molecule has 3 rings (SSSR count). The number of aromatic nitrogens is 1. The van der Waals surface area contributed by atoms with E-state index in [2.05, 4.69) is 5.16 Å². The van der Waals surface area contributed by atoms with Gasteiger partial charge in [0.05, 0.1) is 10.7 Å². The average molecular weight is 370 g/mol. The number of hydrogen-bond donors (Lipinski definition) is 0. The van der Waals surface area contributed by atoms with Crippen LogP contribution in [0.5, 0.6) is 0 Å². The van der Waals surface area contributed by atoms with Crippen LogP contribution in [0.15, 0.2) is 70.1 Å². The number of carbonyl (C=O) groups excluding carboxylic acids is 1. The molecule has 2 aromatic carbocycles. The van der Waals surface area contributed by atoms with Crippen molar-refractivity contribution in [3.8, 4) is 11.3 Å². The molecule has 0 unspecified atom stereocenters. The number of esters is 1. The number of ether oxygens (including phenoxy) is 1. The molecule has 0 atom stereocenters. The minimum atomic E-state index is -0.468. The highest BCUT2D eigenvalue weighted by Crippen LogP contribution is 2.22. The molecule has 1 aromatic heterocycles. The van der Waals surface area contributed by atoms with Gasteiger partial charge in [-0.05, 0) is 12.1 Å². The SMILES string of the molecule is O=C(CSc1ccc([N+](=O)[O-])cc1)OCc1cc(-c2ccccc2)on1. The van der Waals surface area contributed by atoms with Gasteiger partial charge in [-0.25, -0.2) is 0 Å². The van der Waals surface area contributed by atoms with Crippen LogP contribution >= 0.6 is 11.8 Å². The predicted octanol–water partition coefficient (Wildman–Crippen LogP) is 4.09. The number of non-ortho nitro benzene ring substituents is 1. The van der Waals surface area contributed by atoms with Crippen LogP contribution < -0.4 is 0 Å². The monoisotopic (exact) mass is 370 g/mol. The van der Waals surface area contributed by atoms with E-state index in [0.29, 0.717) is 11.5 Å². The van der Waals surface area contributed by atoms with Crippen molar-refractivity contribution in [2.75, 3.05) is 5.75 Å². The van der Waals surface area contributed by atoms with Gasteiger partial charge in [0.2, 0.25) is 0 Å². The molecule has 8 heteroatoms. The Balaban J connectivity index is 1.47. The molecule has 0 N–H and O–H groups in total. The summed E-state index contributed by atoms with van der Waals surface area (Å²) >= 11 is 1.25. The summed E-state index contributed by atoms with van der Waals surface area (Å²) in [5.41, 5.74) is 1.43. The highest BCUT2D eigenvalue weighted by atomic mass is 32.2.